The van der Waals surface area contributed by atoms with E-state index >= 15 is 0 Å². The summed E-state index contributed by atoms with van der Waals surface area (Å²) in [6.45, 7) is 0. The number of halogens is 4. The molecule has 0 aliphatic carbocycles. The van der Waals surface area contributed by atoms with E-state index in [2.05, 4.69) is 9.97 Å². The Hall–Kier alpha value is -4.09. The van der Waals surface area contributed by atoms with Crippen molar-refractivity contribution in [2.75, 3.05) is 4.72 Å². The van der Waals surface area contributed by atoms with Gasteiger partial charge in [-0.25, -0.2) is 31.6 Å². The maximum Gasteiger partial charge on any atom is 0.266 e. The second-order valence-electron chi connectivity index (χ2n) is 7.46. The van der Waals surface area contributed by atoms with Gasteiger partial charge in [-0.3, -0.25) is 9.12 Å². The predicted molar refractivity (Wildman–Crippen MR) is 127 cm³/mol. The van der Waals surface area contributed by atoms with Gasteiger partial charge in [0.1, 0.15) is 22.1 Å². The summed E-state index contributed by atoms with van der Waals surface area (Å²) in [7, 11) is -4.70. The monoisotopic (exact) mass is 530 g/mol. The molecule has 12 heteroatoms. The van der Waals surface area contributed by atoms with Crippen LogP contribution in [0.5, 0.6) is 11.5 Å². The normalized spacial score (nSPS) is 11.6. The zero-order valence-corrected chi connectivity index (χ0v) is 19.6. The molecule has 0 saturated carbocycles. The summed E-state index contributed by atoms with van der Waals surface area (Å²) in [4.78, 5) is 6.73. The lowest BCUT2D eigenvalue weighted by molar-refractivity contribution is 0.433. The van der Waals surface area contributed by atoms with Crippen LogP contribution in [0.15, 0.2) is 84.1 Å². The molecule has 5 rings (SSSR count). The molecule has 182 valence electrons. The number of nitrogens with one attached hydrogen (secondary N) is 1. The van der Waals surface area contributed by atoms with E-state index in [0.29, 0.717) is 34.1 Å². The average Bonchev–Trinajstić information content (AvgIpc) is 3.33. The minimum absolute atomic E-state index is 0.128. The Morgan fingerprint density at radius 1 is 0.861 bits per heavy atom. The zero-order valence-electron chi connectivity index (χ0n) is 18.0. The van der Waals surface area contributed by atoms with Crippen molar-refractivity contribution >= 4 is 33.1 Å². The van der Waals surface area contributed by atoms with Crippen LogP contribution < -0.4 is 9.46 Å². The second kappa shape index (κ2) is 9.17. The fourth-order valence-electron chi connectivity index (χ4n) is 3.51. The maximum absolute atomic E-state index is 15.0. The quantitative estimate of drug-likeness (QED) is 0.288. The third-order valence-electron chi connectivity index (χ3n) is 5.13. The van der Waals surface area contributed by atoms with E-state index in [-0.39, 0.29) is 5.75 Å². The third-order valence-corrected chi connectivity index (χ3v) is 6.72. The van der Waals surface area contributed by atoms with Gasteiger partial charge in [-0.05, 0) is 42.5 Å². The molecule has 3 heterocycles. The van der Waals surface area contributed by atoms with Crippen molar-refractivity contribution in [3.05, 3.63) is 102 Å². The number of benzene rings is 2. The highest BCUT2D eigenvalue weighted by molar-refractivity contribution is 7.92. The van der Waals surface area contributed by atoms with E-state index in [0.717, 1.165) is 12.3 Å². The molecular formula is C24H14ClF3N4O3S. The lowest BCUT2D eigenvalue weighted by atomic mass is 10.1. The Balaban J connectivity index is 1.52. The lowest BCUT2D eigenvalue weighted by Gasteiger charge is -2.15. The summed E-state index contributed by atoms with van der Waals surface area (Å²) < 4.78 is 78.0. The molecule has 0 aliphatic rings. The molecule has 0 unspecified atom stereocenters. The van der Waals surface area contributed by atoms with E-state index in [9.17, 15) is 21.6 Å². The van der Waals surface area contributed by atoms with Crippen molar-refractivity contribution in [1.82, 2.24) is 14.4 Å². The molecule has 0 atom stereocenters. The first-order chi connectivity index (χ1) is 17.2. The topological polar surface area (TPSA) is 85.6 Å². The van der Waals surface area contributed by atoms with Crippen molar-refractivity contribution in [3.63, 3.8) is 0 Å². The van der Waals surface area contributed by atoms with Gasteiger partial charge < -0.3 is 4.74 Å². The molecule has 5 aromatic rings. The number of ether oxygens (including phenoxy) is 1. The van der Waals surface area contributed by atoms with Gasteiger partial charge in [0.25, 0.3) is 10.0 Å². The molecule has 0 aliphatic heterocycles. The van der Waals surface area contributed by atoms with Crippen LogP contribution >= 0.6 is 11.6 Å². The standard InChI is InChI=1S/C24H14ClF3N4O3S/c25-14-6-7-20(15(11-14)19-4-1-5-23-29-9-10-32(19)23)35-21-12-18(28)22(13-17(21)27)36(33,34)31-24-16(26)3-2-8-30-24/h1-13H,(H,30,31). The fraction of sp³-hybridized carbons (Fsp3) is 0. The van der Waals surface area contributed by atoms with Crippen molar-refractivity contribution in [3.8, 4) is 22.8 Å². The number of nitrogens with zero attached hydrogens (tertiary/aromatic N) is 3. The van der Waals surface area contributed by atoms with Crippen LogP contribution in [0.2, 0.25) is 5.02 Å². The van der Waals surface area contributed by atoms with E-state index in [1.807, 2.05) is 0 Å². The van der Waals surface area contributed by atoms with Gasteiger partial charge in [0.05, 0.1) is 5.69 Å². The minimum atomic E-state index is -4.70. The van der Waals surface area contributed by atoms with Gasteiger partial charge in [0.2, 0.25) is 0 Å². The SMILES string of the molecule is O=S(=O)(Nc1ncccc1F)c1cc(F)c(Oc2ccc(Cl)cc2-c2cccc3nccn23)cc1F. The van der Waals surface area contributed by atoms with Gasteiger partial charge >= 0.3 is 0 Å². The number of aromatic nitrogens is 3. The second-order valence-corrected chi connectivity index (χ2v) is 9.55. The van der Waals surface area contributed by atoms with E-state index < -0.39 is 43.9 Å². The Labute approximate surface area is 207 Å². The van der Waals surface area contributed by atoms with Crippen LogP contribution in [0.25, 0.3) is 16.9 Å². The molecule has 2 aromatic carbocycles. The third kappa shape index (κ3) is 4.45. The first kappa shape index (κ1) is 23.6. The van der Waals surface area contributed by atoms with Crippen LogP contribution in [-0.4, -0.2) is 22.8 Å². The smallest absolute Gasteiger partial charge is 0.266 e. The predicted octanol–water partition coefficient (Wildman–Crippen LogP) is 6.06. The number of pyridine rings is 2. The number of hydrogen-bond acceptors (Lipinski definition) is 5. The molecule has 36 heavy (non-hydrogen) atoms. The zero-order chi connectivity index (χ0) is 25.4. The summed E-state index contributed by atoms with van der Waals surface area (Å²) in [5, 5.41) is 0.371. The molecule has 7 nitrogen and oxygen atoms in total. The molecule has 3 aromatic heterocycles. The molecule has 1 N–H and O–H groups in total. The first-order valence-corrected chi connectivity index (χ1v) is 12.1. The Morgan fingerprint density at radius 3 is 2.50 bits per heavy atom. The maximum atomic E-state index is 15.0. The molecule has 0 saturated heterocycles. The number of anilines is 1. The van der Waals surface area contributed by atoms with Gasteiger partial charge in [0, 0.05) is 41.3 Å². The summed E-state index contributed by atoms with van der Waals surface area (Å²) in [5.74, 6) is -4.57. The van der Waals surface area contributed by atoms with E-state index in [4.69, 9.17) is 16.3 Å². The van der Waals surface area contributed by atoms with E-state index in [1.54, 1.807) is 45.8 Å². The van der Waals surface area contributed by atoms with Crippen LogP contribution in [0, 0.1) is 17.5 Å². The van der Waals surface area contributed by atoms with Crippen LogP contribution in [0.1, 0.15) is 0 Å². The molecule has 0 fully saturated rings. The lowest BCUT2D eigenvalue weighted by Crippen LogP contribution is -2.17. The largest absolute Gasteiger partial charge is 0.453 e. The van der Waals surface area contributed by atoms with Crippen LogP contribution in [-0.2, 0) is 10.0 Å². The average molecular weight is 531 g/mol. The molecular weight excluding hydrogens is 517 g/mol. The van der Waals surface area contributed by atoms with Crippen molar-refractivity contribution in [2.24, 2.45) is 0 Å². The number of hydrogen-bond donors (Lipinski definition) is 1. The molecule has 0 radical (unpaired) electrons. The molecule has 0 spiro atoms. The van der Waals surface area contributed by atoms with Crippen LogP contribution in [0.4, 0.5) is 19.0 Å². The first-order valence-electron chi connectivity index (χ1n) is 10.3. The van der Waals surface area contributed by atoms with Gasteiger partial charge in [0.15, 0.2) is 23.2 Å². The number of sulfonamides is 1. The Kier molecular flexibility index (Phi) is 6.02. The Morgan fingerprint density at radius 2 is 1.69 bits per heavy atom. The highest BCUT2D eigenvalue weighted by Crippen LogP contribution is 2.37. The summed E-state index contributed by atoms with van der Waals surface area (Å²) in [6.07, 6.45) is 4.46. The fourth-order valence-corrected chi connectivity index (χ4v) is 4.78. The van der Waals surface area contributed by atoms with Crippen molar-refractivity contribution < 1.29 is 26.3 Å². The van der Waals surface area contributed by atoms with Gasteiger partial charge in [-0.2, -0.15) is 0 Å². The minimum Gasteiger partial charge on any atom is -0.453 e. The summed E-state index contributed by atoms with van der Waals surface area (Å²) >= 11 is 6.18. The summed E-state index contributed by atoms with van der Waals surface area (Å²) in [5.41, 5.74) is 1.71. The highest BCUT2D eigenvalue weighted by atomic mass is 35.5. The van der Waals surface area contributed by atoms with Gasteiger partial charge in [-0.1, -0.05) is 17.7 Å². The molecule has 0 amide bonds. The number of imidazole rings is 1. The highest BCUT2D eigenvalue weighted by Gasteiger charge is 2.25. The van der Waals surface area contributed by atoms with Crippen molar-refractivity contribution in [2.45, 2.75) is 4.90 Å². The number of fused-ring (bicyclic) bond motifs is 1. The van der Waals surface area contributed by atoms with E-state index in [1.165, 1.54) is 18.2 Å². The van der Waals surface area contributed by atoms with Crippen molar-refractivity contribution in [1.29, 1.82) is 0 Å². The Bertz CT molecular complexity index is 1730. The van der Waals surface area contributed by atoms with Crippen LogP contribution in [0.3, 0.4) is 0 Å². The summed E-state index contributed by atoms with van der Waals surface area (Å²) in [6, 6.07) is 13.1. The molecule has 0 bridgehead atoms. The van der Waals surface area contributed by atoms with Gasteiger partial charge in [-0.15, -0.1) is 0 Å². The number of rotatable bonds is 6.